The highest BCUT2D eigenvalue weighted by molar-refractivity contribution is 6.02. The average molecular weight is 429 g/mol. The number of carbonyl (C=O) groups is 2. The lowest BCUT2D eigenvalue weighted by Crippen LogP contribution is -2.27. The number of aryl methyl sites for hydroxylation is 1. The number of aromatic nitrogens is 2. The van der Waals surface area contributed by atoms with Crippen molar-refractivity contribution < 1.29 is 12.3 Å². The molecule has 0 saturated carbocycles. The molecular formula is C23H21N7O2. The number of nitrogens with one attached hydrogen (secondary N) is 2. The van der Waals surface area contributed by atoms with Crippen LogP contribution in [0.3, 0.4) is 0 Å². The van der Waals surface area contributed by atoms with Crippen LogP contribution >= 0.6 is 0 Å². The maximum atomic E-state index is 12.6. The van der Waals surface area contributed by atoms with E-state index in [1.165, 1.54) is 6.07 Å². The maximum Gasteiger partial charge on any atom is 0.270 e. The molecule has 0 radical (unpaired) electrons. The van der Waals surface area contributed by atoms with Crippen LogP contribution in [0.25, 0.3) is 0 Å². The van der Waals surface area contributed by atoms with Gasteiger partial charge in [0, 0.05) is 19.1 Å². The number of amides is 2. The van der Waals surface area contributed by atoms with Crippen LogP contribution in [0, 0.1) is 6.92 Å². The molecule has 0 atom stereocenters. The van der Waals surface area contributed by atoms with Crippen molar-refractivity contribution in [1.82, 2.24) is 20.6 Å². The van der Waals surface area contributed by atoms with E-state index in [-0.39, 0.29) is 17.9 Å². The predicted molar refractivity (Wildman–Crippen MR) is 118 cm³/mol. The van der Waals surface area contributed by atoms with Crippen molar-refractivity contribution in [2.24, 2.45) is 15.4 Å². The topological polar surface area (TPSA) is 121 Å². The molecule has 9 nitrogen and oxygen atoms in total. The van der Waals surface area contributed by atoms with E-state index < -0.39 is 18.3 Å². The molecule has 3 aromatic rings. The van der Waals surface area contributed by atoms with Gasteiger partial charge in [-0.25, -0.2) is 9.97 Å². The van der Waals surface area contributed by atoms with E-state index >= 15 is 0 Å². The van der Waals surface area contributed by atoms with Gasteiger partial charge < -0.3 is 10.6 Å². The summed E-state index contributed by atoms with van der Waals surface area (Å²) >= 11 is 0. The van der Waals surface area contributed by atoms with Crippen LogP contribution in [0.15, 0.2) is 76.4 Å². The Balaban J connectivity index is 1.38. The summed E-state index contributed by atoms with van der Waals surface area (Å²) in [7, 11) is 0. The lowest BCUT2D eigenvalue weighted by Gasteiger charge is -2.08. The van der Waals surface area contributed by atoms with E-state index in [4.69, 9.17) is 2.74 Å². The van der Waals surface area contributed by atoms with E-state index in [0.29, 0.717) is 12.1 Å². The first-order valence-electron chi connectivity index (χ1n) is 10.8. The van der Waals surface area contributed by atoms with Gasteiger partial charge in [-0.2, -0.15) is 5.11 Å². The minimum absolute atomic E-state index is 0.00331. The molecule has 0 bridgehead atoms. The van der Waals surface area contributed by atoms with Gasteiger partial charge in [-0.3, -0.25) is 9.59 Å². The van der Waals surface area contributed by atoms with Crippen molar-refractivity contribution in [3.8, 4) is 0 Å². The number of nitrogens with zero attached hydrogens (tertiary/aromatic N) is 5. The third-order valence-electron chi connectivity index (χ3n) is 4.66. The molecule has 2 heterocycles. The third-order valence-corrected chi connectivity index (χ3v) is 4.66. The lowest BCUT2D eigenvalue weighted by atomic mass is 10.1. The smallest absolute Gasteiger partial charge is 0.270 e. The highest BCUT2D eigenvalue weighted by Crippen LogP contribution is 2.10. The van der Waals surface area contributed by atoms with Gasteiger partial charge in [0.15, 0.2) is 0 Å². The van der Waals surface area contributed by atoms with Crippen LogP contribution in [0.1, 0.15) is 46.0 Å². The predicted octanol–water partition coefficient (Wildman–Crippen LogP) is 2.81. The molecule has 160 valence electrons. The summed E-state index contributed by atoms with van der Waals surface area (Å²) in [4.78, 5) is 33.0. The third kappa shape index (κ3) is 5.25. The first-order chi connectivity index (χ1) is 16.3. The number of rotatable bonds is 7. The average Bonchev–Trinajstić information content (AvgIpc) is 3.38. The first-order valence-corrected chi connectivity index (χ1v) is 9.84. The molecule has 1 aromatic heterocycles. The van der Waals surface area contributed by atoms with E-state index in [0.717, 1.165) is 28.7 Å². The first kappa shape index (κ1) is 18.5. The van der Waals surface area contributed by atoms with Crippen LogP contribution < -0.4 is 10.6 Å². The van der Waals surface area contributed by atoms with Gasteiger partial charge in [0.1, 0.15) is 24.3 Å². The number of hydrogen-bond acceptors (Lipinski definition) is 7. The van der Waals surface area contributed by atoms with E-state index in [1.54, 1.807) is 18.2 Å². The Morgan fingerprint density at radius 1 is 0.969 bits per heavy atom. The van der Waals surface area contributed by atoms with Crippen molar-refractivity contribution in [2.75, 3.05) is 6.54 Å². The fraction of sp³-hybridized carbons (Fsp3) is 0.174. The zero-order valence-electron chi connectivity index (χ0n) is 19.2. The van der Waals surface area contributed by atoms with Crippen LogP contribution in [0.2, 0.25) is 0 Å². The van der Waals surface area contributed by atoms with Crippen molar-refractivity contribution in [3.05, 3.63) is 94.6 Å². The van der Waals surface area contributed by atoms with Crippen molar-refractivity contribution in [1.29, 1.82) is 0 Å². The lowest BCUT2D eigenvalue weighted by molar-refractivity contribution is 0.0944. The van der Waals surface area contributed by atoms with Crippen molar-refractivity contribution >= 4 is 17.5 Å². The zero-order chi connectivity index (χ0) is 24.1. The second kappa shape index (κ2) is 9.69. The summed E-state index contributed by atoms with van der Waals surface area (Å²) < 4.78 is 16.4. The van der Waals surface area contributed by atoms with Crippen molar-refractivity contribution in [2.45, 2.75) is 20.0 Å². The highest BCUT2D eigenvalue weighted by atomic mass is 16.2. The quantitative estimate of drug-likeness (QED) is 0.600. The minimum atomic E-state index is -2.12. The molecule has 0 fully saturated rings. The SMILES string of the molecule is [2H]C([2H])(NC(=O)c1cc(C(=O)NCc2ccc(C3=NN=NC3)cc2)ncn1)c1cccc(C)c1. The maximum absolute atomic E-state index is 12.6. The summed E-state index contributed by atoms with van der Waals surface area (Å²) in [6, 6.07) is 15.5. The van der Waals surface area contributed by atoms with E-state index in [2.05, 4.69) is 36.0 Å². The molecule has 1 aliphatic heterocycles. The Bertz CT molecular complexity index is 1290. The summed E-state index contributed by atoms with van der Waals surface area (Å²) in [6.07, 6.45) is 1.10. The van der Waals surface area contributed by atoms with Crippen LogP contribution in [0.4, 0.5) is 0 Å². The van der Waals surface area contributed by atoms with Gasteiger partial charge in [0.05, 0.1) is 8.45 Å². The number of hydrogen-bond donors (Lipinski definition) is 2. The fourth-order valence-electron chi connectivity index (χ4n) is 2.97. The van der Waals surface area contributed by atoms with Gasteiger partial charge in [0.25, 0.3) is 11.8 Å². The molecule has 0 aliphatic carbocycles. The van der Waals surface area contributed by atoms with Gasteiger partial charge in [-0.15, -0.1) is 5.10 Å². The molecule has 0 spiro atoms. The molecular weight excluding hydrogens is 406 g/mol. The van der Waals surface area contributed by atoms with E-state index in [9.17, 15) is 9.59 Å². The number of carbonyl (C=O) groups excluding carboxylic acids is 2. The van der Waals surface area contributed by atoms with Gasteiger partial charge >= 0.3 is 0 Å². The normalized spacial score (nSPS) is 13.7. The Kier molecular flexibility index (Phi) is 5.60. The fourth-order valence-corrected chi connectivity index (χ4v) is 2.97. The monoisotopic (exact) mass is 429 g/mol. The summed E-state index contributed by atoms with van der Waals surface area (Å²) in [5.74, 6) is -1.24. The second-order valence-corrected chi connectivity index (χ2v) is 7.05. The Labute approximate surface area is 187 Å². The molecule has 4 rings (SSSR count). The molecule has 32 heavy (non-hydrogen) atoms. The van der Waals surface area contributed by atoms with E-state index in [1.807, 2.05) is 37.3 Å². The molecule has 0 saturated heterocycles. The Morgan fingerprint density at radius 3 is 2.41 bits per heavy atom. The van der Waals surface area contributed by atoms with Gasteiger partial charge in [-0.05, 0) is 28.8 Å². The molecule has 2 amide bonds. The minimum Gasteiger partial charge on any atom is -0.347 e. The van der Waals surface area contributed by atoms with Crippen LogP contribution in [-0.2, 0) is 13.0 Å². The zero-order valence-corrected chi connectivity index (χ0v) is 17.2. The molecule has 9 heteroatoms. The standard InChI is InChI=1S/C23H21N7O2/c1-15-3-2-4-17(9-15)12-25-23(32)20-10-19(26-14-27-20)22(31)24-11-16-5-7-18(8-6-16)21-13-28-30-29-21/h2-10,14H,11-13H2,1H3,(H,24,31)(H,25,32)/i12D2. The Hall–Kier alpha value is -4.27. The van der Waals surface area contributed by atoms with Crippen LogP contribution in [-0.4, -0.2) is 34.0 Å². The molecule has 2 aromatic carbocycles. The largest absolute Gasteiger partial charge is 0.347 e. The summed E-state index contributed by atoms with van der Waals surface area (Å²) in [5.41, 5.74) is 3.62. The summed E-state index contributed by atoms with van der Waals surface area (Å²) in [6.45, 7) is 0.421. The number of benzene rings is 2. The summed E-state index contributed by atoms with van der Waals surface area (Å²) in [5, 5.41) is 16.4. The Morgan fingerprint density at radius 2 is 1.72 bits per heavy atom. The molecule has 1 aliphatic rings. The highest BCUT2D eigenvalue weighted by Gasteiger charge is 2.13. The van der Waals surface area contributed by atoms with Gasteiger partial charge in [0.2, 0.25) is 0 Å². The van der Waals surface area contributed by atoms with Crippen LogP contribution in [0.5, 0.6) is 0 Å². The van der Waals surface area contributed by atoms with Gasteiger partial charge in [-0.1, -0.05) is 54.1 Å². The second-order valence-electron chi connectivity index (χ2n) is 7.05. The molecule has 0 unspecified atom stereocenters. The molecule has 2 N–H and O–H groups in total. The van der Waals surface area contributed by atoms with Crippen molar-refractivity contribution in [3.63, 3.8) is 0 Å².